The molecule has 9 nitrogen and oxygen atoms in total. The van der Waals surface area contributed by atoms with E-state index in [4.69, 9.17) is 0 Å². The van der Waals surface area contributed by atoms with Gasteiger partial charge in [-0.1, -0.05) is 0 Å². The fourth-order valence-corrected chi connectivity index (χ4v) is 2.83. The molecule has 0 spiro atoms. The maximum Gasteiger partial charge on any atom is 0.259 e. The van der Waals surface area contributed by atoms with Crippen molar-refractivity contribution in [3.05, 3.63) is 52.8 Å². The van der Waals surface area contributed by atoms with Crippen LogP contribution >= 0.6 is 0 Å². The van der Waals surface area contributed by atoms with Gasteiger partial charge in [0, 0.05) is 25.5 Å². The van der Waals surface area contributed by atoms with Crippen molar-refractivity contribution in [1.29, 1.82) is 0 Å². The Bertz CT molecular complexity index is 1130. The van der Waals surface area contributed by atoms with Crippen LogP contribution in [0.4, 0.5) is 0 Å². The van der Waals surface area contributed by atoms with Crippen molar-refractivity contribution in [3.63, 3.8) is 0 Å². The van der Waals surface area contributed by atoms with E-state index in [0.29, 0.717) is 22.9 Å². The highest BCUT2D eigenvalue weighted by molar-refractivity contribution is 5.60. The molecule has 0 aromatic carbocycles. The second-order valence-corrected chi connectivity index (χ2v) is 5.94. The number of pyridine rings is 1. The summed E-state index contributed by atoms with van der Waals surface area (Å²) in [5.41, 5.74) is 2.64. The molecule has 0 saturated heterocycles. The standard InChI is InChI=1S/C17H18N8O/c1-4-24-11(2)8-14(21-24)16-20-15(13-6-5-7-18-17(13)26)22-25(16)12-9-19-23(3)10-12/h5-10H,4H2,1-3H3,(H,18,26). The zero-order valence-corrected chi connectivity index (χ0v) is 14.7. The van der Waals surface area contributed by atoms with Crippen LogP contribution in [0.1, 0.15) is 12.6 Å². The molecule has 4 aromatic heterocycles. The van der Waals surface area contributed by atoms with Crippen LogP contribution in [0.5, 0.6) is 0 Å². The van der Waals surface area contributed by atoms with Crippen molar-refractivity contribution in [1.82, 2.24) is 39.3 Å². The van der Waals surface area contributed by atoms with Crippen LogP contribution < -0.4 is 5.56 Å². The third-order valence-corrected chi connectivity index (χ3v) is 4.11. The van der Waals surface area contributed by atoms with Gasteiger partial charge in [0.1, 0.15) is 11.4 Å². The Labute approximate surface area is 148 Å². The van der Waals surface area contributed by atoms with Gasteiger partial charge >= 0.3 is 0 Å². The molecule has 0 aliphatic carbocycles. The van der Waals surface area contributed by atoms with E-state index in [1.165, 1.54) is 0 Å². The van der Waals surface area contributed by atoms with E-state index in [0.717, 1.165) is 17.9 Å². The third-order valence-electron chi connectivity index (χ3n) is 4.11. The Balaban J connectivity index is 1.93. The Hall–Kier alpha value is -3.49. The SMILES string of the molecule is CCn1nc(-c2nc(-c3ccc[nH]c3=O)nn2-c2cnn(C)c2)cc1C. The maximum absolute atomic E-state index is 12.1. The molecular formula is C17H18N8O. The second kappa shape index (κ2) is 6.10. The van der Waals surface area contributed by atoms with Crippen molar-refractivity contribution < 1.29 is 0 Å². The van der Waals surface area contributed by atoms with Gasteiger partial charge in [0.2, 0.25) is 0 Å². The summed E-state index contributed by atoms with van der Waals surface area (Å²) in [7, 11) is 1.83. The lowest BCUT2D eigenvalue weighted by Gasteiger charge is -2.00. The van der Waals surface area contributed by atoms with Gasteiger partial charge in [0.25, 0.3) is 5.56 Å². The molecule has 9 heteroatoms. The smallest absolute Gasteiger partial charge is 0.259 e. The van der Waals surface area contributed by atoms with Gasteiger partial charge in [-0.2, -0.15) is 10.2 Å². The van der Waals surface area contributed by atoms with Crippen LogP contribution in [-0.4, -0.2) is 39.3 Å². The van der Waals surface area contributed by atoms with Gasteiger partial charge in [0.15, 0.2) is 11.6 Å². The Morgan fingerprint density at radius 1 is 1.27 bits per heavy atom. The van der Waals surface area contributed by atoms with Crippen LogP contribution in [0.15, 0.2) is 41.6 Å². The minimum atomic E-state index is -0.238. The fraction of sp³-hybridized carbons (Fsp3) is 0.235. The minimum Gasteiger partial charge on any atom is -0.328 e. The molecule has 0 atom stereocenters. The zero-order chi connectivity index (χ0) is 18.3. The summed E-state index contributed by atoms with van der Waals surface area (Å²) in [5.74, 6) is 0.904. The second-order valence-electron chi connectivity index (χ2n) is 5.94. The summed E-state index contributed by atoms with van der Waals surface area (Å²) in [6.45, 7) is 4.79. The van der Waals surface area contributed by atoms with Crippen LogP contribution in [0, 0.1) is 6.92 Å². The number of H-pyrrole nitrogens is 1. The monoisotopic (exact) mass is 350 g/mol. The molecule has 0 amide bonds. The lowest BCUT2D eigenvalue weighted by molar-refractivity contribution is 0.640. The number of nitrogens with zero attached hydrogens (tertiary/aromatic N) is 7. The summed E-state index contributed by atoms with van der Waals surface area (Å²) in [5, 5.41) is 13.4. The van der Waals surface area contributed by atoms with Gasteiger partial charge in [-0.05, 0) is 32.0 Å². The molecule has 0 aliphatic rings. The van der Waals surface area contributed by atoms with Crippen molar-refractivity contribution in [3.8, 4) is 28.6 Å². The summed E-state index contributed by atoms with van der Waals surface area (Å²) >= 11 is 0. The molecule has 4 heterocycles. The lowest BCUT2D eigenvalue weighted by atomic mass is 10.3. The van der Waals surface area contributed by atoms with Crippen molar-refractivity contribution in [2.75, 3.05) is 0 Å². The number of hydrogen-bond acceptors (Lipinski definition) is 5. The van der Waals surface area contributed by atoms with E-state index < -0.39 is 0 Å². The number of hydrogen-bond donors (Lipinski definition) is 1. The average molecular weight is 350 g/mol. The molecular weight excluding hydrogens is 332 g/mol. The number of nitrogens with one attached hydrogen (secondary N) is 1. The molecule has 4 rings (SSSR count). The first-order chi connectivity index (χ1) is 12.6. The molecule has 132 valence electrons. The maximum atomic E-state index is 12.1. The first-order valence-corrected chi connectivity index (χ1v) is 8.26. The van der Waals surface area contributed by atoms with Gasteiger partial charge < -0.3 is 4.98 Å². The number of aromatic nitrogens is 8. The highest BCUT2D eigenvalue weighted by Crippen LogP contribution is 2.23. The molecule has 0 bridgehead atoms. The van der Waals surface area contributed by atoms with Crippen LogP contribution in [0.25, 0.3) is 28.6 Å². The molecule has 0 aliphatic heterocycles. The van der Waals surface area contributed by atoms with E-state index in [9.17, 15) is 4.79 Å². The molecule has 26 heavy (non-hydrogen) atoms. The molecule has 0 unspecified atom stereocenters. The van der Waals surface area contributed by atoms with Gasteiger partial charge in [-0.25, -0.2) is 9.67 Å². The van der Waals surface area contributed by atoms with Crippen LogP contribution in [0.2, 0.25) is 0 Å². The minimum absolute atomic E-state index is 0.238. The fourth-order valence-electron chi connectivity index (χ4n) is 2.83. The Morgan fingerprint density at radius 3 is 2.77 bits per heavy atom. The highest BCUT2D eigenvalue weighted by Gasteiger charge is 2.20. The number of rotatable bonds is 4. The molecule has 0 saturated carbocycles. The number of aromatic amines is 1. The summed E-state index contributed by atoms with van der Waals surface area (Å²) in [6, 6.07) is 5.40. The summed E-state index contributed by atoms with van der Waals surface area (Å²) in [6.07, 6.45) is 5.11. The van der Waals surface area contributed by atoms with Crippen LogP contribution in [-0.2, 0) is 13.6 Å². The quantitative estimate of drug-likeness (QED) is 0.602. The average Bonchev–Trinajstić information content (AvgIpc) is 3.33. The van der Waals surface area contributed by atoms with E-state index in [-0.39, 0.29) is 5.56 Å². The van der Waals surface area contributed by atoms with E-state index >= 15 is 0 Å². The van der Waals surface area contributed by atoms with Crippen molar-refractivity contribution in [2.24, 2.45) is 7.05 Å². The van der Waals surface area contributed by atoms with Gasteiger partial charge in [-0.15, -0.1) is 5.10 Å². The van der Waals surface area contributed by atoms with E-state index in [1.807, 2.05) is 37.8 Å². The van der Waals surface area contributed by atoms with E-state index in [2.05, 4.69) is 25.3 Å². The predicted octanol–water partition coefficient (Wildman–Crippen LogP) is 1.55. The van der Waals surface area contributed by atoms with Crippen LogP contribution in [0.3, 0.4) is 0 Å². The Kier molecular flexibility index (Phi) is 3.76. The van der Waals surface area contributed by atoms with Crippen molar-refractivity contribution in [2.45, 2.75) is 20.4 Å². The first kappa shape index (κ1) is 16.0. The van der Waals surface area contributed by atoms with Gasteiger partial charge in [-0.3, -0.25) is 14.2 Å². The zero-order valence-electron chi connectivity index (χ0n) is 14.7. The molecule has 4 aromatic rings. The Morgan fingerprint density at radius 2 is 2.12 bits per heavy atom. The normalized spacial score (nSPS) is 11.2. The molecule has 1 N–H and O–H groups in total. The van der Waals surface area contributed by atoms with E-state index in [1.54, 1.807) is 33.9 Å². The highest BCUT2D eigenvalue weighted by atomic mass is 16.1. The molecule has 0 fully saturated rings. The topological polar surface area (TPSA) is 99.2 Å². The summed E-state index contributed by atoms with van der Waals surface area (Å²) in [4.78, 5) is 19.4. The van der Waals surface area contributed by atoms with Crippen molar-refractivity contribution >= 4 is 0 Å². The largest absolute Gasteiger partial charge is 0.328 e. The lowest BCUT2D eigenvalue weighted by Crippen LogP contribution is -2.08. The predicted molar refractivity (Wildman–Crippen MR) is 95.8 cm³/mol. The third kappa shape index (κ3) is 2.63. The molecule has 0 radical (unpaired) electrons. The summed E-state index contributed by atoms with van der Waals surface area (Å²) < 4.78 is 5.24. The first-order valence-electron chi connectivity index (χ1n) is 8.26. The van der Waals surface area contributed by atoms with Gasteiger partial charge in [0.05, 0.1) is 18.0 Å². The number of aryl methyl sites for hydroxylation is 3.